The molecule has 4 atom stereocenters. The third-order valence-electron chi connectivity index (χ3n) is 3.63. The van der Waals surface area contributed by atoms with Gasteiger partial charge in [0.15, 0.2) is 0 Å². The Bertz CT molecular complexity index is 397. The highest BCUT2D eigenvalue weighted by atomic mass is 16.4. The number of aliphatic carboxylic acids is 2. The fraction of sp³-hybridized carbons (Fsp3) is 0.800. The minimum Gasteiger partial charge on any atom is -0.480 e. The van der Waals surface area contributed by atoms with Gasteiger partial charge in [0.05, 0.1) is 6.04 Å². The molecule has 0 spiro atoms. The molecule has 0 fully saturated rings. The Morgan fingerprint density at radius 2 is 1.55 bits per heavy atom. The van der Waals surface area contributed by atoms with Crippen LogP contribution in [-0.2, 0) is 14.4 Å². The van der Waals surface area contributed by atoms with E-state index in [1.165, 1.54) is 6.92 Å². The zero-order valence-corrected chi connectivity index (χ0v) is 13.9. The summed E-state index contributed by atoms with van der Waals surface area (Å²) in [5.74, 6) is -2.67. The van der Waals surface area contributed by atoms with Gasteiger partial charge in [-0.05, 0) is 25.2 Å². The van der Waals surface area contributed by atoms with Crippen LogP contribution in [0.4, 0.5) is 0 Å². The van der Waals surface area contributed by atoms with Crippen molar-refractivity contribution in [1.82, 2.24) is 10.6 Å². The van der Waals surface area contributed by atoms with Gasteiger partial charge in [0, 0.05) is 0 Å². The van der Waals surface area contributed by atoms with Crippen LogP contribution in [-0.4, -0.2) is 46.2 Å². The van der Waals surface area contributed by atoms with Crippen molar-refractivity contribution < 1.29 is 24.6 Å². The first kappa shape index (κ1) is 20.4. The number of amides is 1. The van der Waals surface area contributed by atoms with Crippen molar-refractivity contribution in [3.05, 3.63) is 0 Å². The maximum absolute atomic E-state index is 12.1. The van der Waals surface area contributed by atoms with Gasteiger partial charge in [-0.1, -0.05) is 34.1 Å². The smallest absolute Gasteiger partial charge is 0.326 e. The summed E-state index contributed by atoms with van der Waals surface area (Å²) in [7, 11) is 0. The largest absolute Gasteiger partial charge is 0.480 e. The molecule has 4 N–H and O–H groups in total. The maximum Gasteiger partial charge on any atom is 0.326 e. The van der Waals surface area contributed by atoms with Crippen LogP contribution in [0.3, 0.4) is 0 Å². The van der Waals surface area contributed by atoms with Gasteiger partial charge in [0.1, 0.15) is 12.1 Å². The van der Waals surface area contributed by atoms with Crippen LogP contribution in [0.25, 0.3) is 0 Å². The van der Waals surface area contributed by atoms with Gasteiger partial charge >= 0.3 is 11.9 Å². The molecule has 0 saturated heterocycles. The summed E-state index contributed by atoms with van der Waals surface area (Å²) in [6.45, 7) is 8.91. The lowest BCUT2D eigenvalue weighted by molar-refractivity contribution is -0.144. The number of hydrogen-bond donors (Lipinski definition) is 4. The summed E-state index contributed by atoms with van der Waals surface area (Å²) >= 11 is 0. The Morgan fingerprint density at radius 1 is 1.00 bits per heavy atom. The number of carboxylic acid groups (broad SMARTS) is 2. The monoisotopic (exact) mass is 316 g/mol. The first-order valence-electron chi connectivity index (χ1n) is 7.62. The van der Waals surface area contributed by atoms with Crippen molar-refractivity contribution in [2.45, 2.75) is 65.6 Å². The Kier molecular flexibility index (Phi) is 8.70. The number of carbonyl (C=O) groups is 3. The van der Waals surface area contributed by atoms with E-state index in [-0.39, 0.29) is 11.8 Å². The molecule has 0 aliphatic carbocycles. The van der Waals surface area contributed by atoms with Crippen molar-refractivity contribution in [3.8, 4) is 0 Å². The van der Waals surface area contributed by atoms with E-state index < -0.39 is 36.0 Å². The van der Waals surface area contributed by atoms with Crippen molar-refractivity contribution >= 4 is 17.8 Å². The van der Waals surface area contributed by atoms with Gasteiger partial charge in [-0.3, -0.25) is 14.9 Å². The quantitative estimate of drug-likeness (QED) is 0.479. The lowest BCUT2D eigenvalue weighted by atomic mass is 9.99. The summed E-state index contributed by atoms with van der Waals surface area (Å²) in [5.41, 5.74) is 0. The van der Waals surface area contributed by atoms with Gasteiger partial charge in [0.2, 0.25) is 5.91 Å². The molecule has 0 bridgehead atoms. The van der Waals surface area contributed by atoms with E-state index in [2.05, 4.69) is 10.6 Å². The van der Waals surface area contributed by atoms with E-state index in [1.54, 1.807) is 6.92 Å². The molecule has 0 aromatic carbocycles. The van der Waals surface area contributed by atoms with Gasteiger partial charge in [-0.25, -0.2) is 4.79 Å². The molecule has 0 aromatic rings. The second-order valence-electron chi connectivity index (χ2n) is 6.12. The number of rotatable bonds is 10. The van der Waals surface area contributed by atoms with E-state index in [0.717, 1.165) is 0 Å². The van der Waals surface area contributed by atoms with E-state index >= 15 is 0 Å². The van der Waals surface area contributed by atoms with Crippen LogP contribution in [0.15, 0.2) is 0 Å². The van der Waals surface area contributed by atoms with Crippen molar-refractivity contribution in [3.63, 3.8) is 0 Å². The van der Waals surface area contributed by atoms with Crippen molar-refractivity contribution in [1.29, 1.82) is 0 Å². The fourth-order valence-corrected chi connectivity index (χ4v) is 2.05. The normalized spacial score (nSPS) is 16.6. The van der Waals surface area contributed by atoms with Crippen molar-refractivity contribution in [2.24, 2.45) is 11.8 Å². The van der Waals surface area contributed by atoms with Gasteiger partial charge in [0.25, 0.3) is 0 Å². The third-order valence-corrected chi connectivity index (χ3v) is 3.63. The molecule has 0 aromatic heterocycles. The predicted molar refractivity (Wildman–Crippen MR) is 82.5 cm³/mol. The topological polar surface area (TPSA) is 116 Å². The highest BCUT2D eigenvalue weighted by Gasteiger charge is 2.29. The highest BCUT2D eigenvalue weighted by Crippen LogP contribution is 2.09. The Balaban J connectivity index is 4.75. The average Bonchev–Trinajstić information content (AvgIpc) is 2.41. The van der Waals surface area contributed by atoms with E-state index in [9.17, 15) is 14.4 Å². The third kappa shape index (κ3) is 6.89. The predicted octanol–water partition coefficient (Wildman–Crippen LogP) is 1.08. The van der Waals surface area contributed by atoms with Crippen LogP contribution in [0, 0.1) is 11.8 Å². The maximum atomic E-state index is 12.1. The molecular weight excluding hydrogens is 288 g/mol. The minimum atomic E-state index is -1.09. The zero-order valence-electron chi connectivity index (χ0n) is 13.9. The summed E-state index contributed by atoms with van der Waals surface area (Å²) in [5, 5.41) is 23.5. The summed E-state index contributed by atoms with van der Waals surface area (Å²) in [6, 6.07) is -2.60. The van der Waals surface area contributed by atoms with E-state index in [0.29, 0.717) is 12.8 Å². The van der Waals surface area contributed by atoms with Gasteiger partial charge in [-0.15, -0.1) is 0 Å². The average molecular weight is 316 g/mol. The number of carbonyl (C=O) groups excluding carboxylic acids is 1. The summed E-state index contributed by atoms with van der Waals surface area (Å²) in [4.78, 5) is 34.5. The van der Waals surface area contributed by atoms with Crippen LogP contribution >= 0.6 is 0 Å². The summed E-state index contributed by atoms with van der Waals surface area (Å²) in [6.07, 6.45) is 1.00. The van der Waals surface area contributed by atoms with Gasteiger partial charge in [-0.2, -0.15) is 0 Å². The van der Waals surface area contributed by atoms with Crippen molar-refractivity contribution in [2.75, 3.05) is 0 Å². The highest BCUT2D eigenvalue weighted by molar-refractivity contribution is 5.87. The molecular formula is C15H28N2O5. The molecule has 7 nitrogen and oxygen atoms in total. The number of hydrogen-bond acceptors (Lipinski definition) is 4. The fourth-order valence-electron chi connectivity index (χ4n) is 2.05. The minimum absolute atomic E-state index is 0.163. The molecule has 0 rings (SSSR count). The second-order valence-corrected chi connectivity index (χ2v) is 6.12. The molecule has 0 aliphatic rings. The molecule has 1 unspecified atom stereocenters. The lowest BCUT2D eigenvalue weighted by Gasteiger charge is -2.25. The standard InChI is InChI=1S/C15H28N2O5/c1-6-9(4)12(15(21)22)17-13(18)10(5)16-11(14(19)20)7-8(2)3/h8-12,16H,6-7H2,1-5H3,(H,17,18)(H,19,20)(H,21,22)/t9-,10-,11?,12-/m0/s1. The lowest BCUT2D eigenvalue weighted by Crippen LogP contribution is -2.54. The van der Waals surface area contributed by atoms with Crippen LogP contribution in [0.5, 0.6) is 0 Å². The Morgan fingerprint density at radius 3 is 1.91 bits per heavy atom. The first-order chi connectivity index (χ1) is 10.1. The second kappa shape index (κ2) is 9.40. The number of carboxylic acids is 2. The first-order valence-corrected chi connectivity index (χ1v) is 7.62. The molecule has 0 heterocycles. The molecule has 22 heavy (non-hydrogen) atoms. The van der Waals surface area contributed by atoms with Crippen LogP contribution in [0.1, 0.15) is 47.5 Å². The van der Waals surface area contributed by atoms with Crippen LogP contribution < -0.4 is 10.6 Å². The molecule has 1 amide bonds. The van der Waals surface area contributed by atoms with Gasteiger partial charge < -0.3 is 15.5 Å². The molecule has 0 aliphatic heterocycles. The number of nitrogens with one attached hydrogen (secondary N) is 2. The molecule has 128 valence electrons. The molecule has 0 radical (unpaired) electrons. The van der Waals surface area contributed by atoms with E-state index in [1.807, 2.05) is 20.8 Å². The zero-order chi connectivity index (χ0) is 17.4. The summed E-state index contributed by atoms with van der Waals surface area (Å²) < 4.78 is 0. The Hall–Kier alpha value is -1.63. The SMILES string of the molecule is CC[C@H](C)[C@H](NC(=O)[C@H](C)NC(CC(C)C)C(=O)O)C(=O)O. The van der Waals surface area contributed by atoms with Crippen LogP contribution in [0.2, 0.25) is 0 Å². The van der Waals surface area contributed by atoms with E-state index in [4.69, 9.17) is 10.2 Å². The molecule has 0 saturated carbocycles. The Labute approximate surface area is 131 Å². The molecule has 7 heteroatoms.